The predicted octanol–water partition coefficient (Wildman–Crippen LogP) is 3.97. The lowest BCUT2D eigenvalue weighted by Crippen LogP contribution is -2.22. The number of benzene rings is 2. The van der Waals surface area contributed by atoms with Crippen molar-refractivity contribution in [3.05, 3.63) is 46.8 Å². The van der Waals surface area contributed by atoms with Crippen molar-refractivity contribution in [1.82, 2.24) is 9.55 Å². The smallest absolute Gasteiger partial charge is 0.262 e. The Morgan fingerprint density at radius 2 is 2.00 bits per heavy atom. The number of hydrogen-bond acceptors (Lipinski definition) is 4. The average molecular weight is 323 g/mol. The molecule has 5 heteroatoms. The largest absolute Gasteiger partial charge is 0.287 e. The molecule has 4 nitrogen and oxygen atoms in total. The molecule has 0 unspecified atom stereocenters. The summed E-state index contributed by atoms with van der Waals surface area (Å²) >= 11 is 1.55. The van der Waals surface area contributed by atoms with Crippen LogP contribution in [0, 0.1) is 11.3 Å². The zero-order valence-corrected chi connectivity index (χ0v) is 13.8. The lowest BCUT2D eigenvalue weighted by Gasteiger charge is -2.11. The van der Waals surface area contributed by atoms with Crippen molar-refractivity contribution in [3.8, 4) is 6.07 Å². The molecule has 0 N–H and O–H groups in total. The number of unbranched alkanes of at least 4 members (excludes halogenated alkanes) is 1. The molecule has 0 amide bonds. The van der Waals surface area contributed by atoms with E-state index in [0.29, 0.717) is 18.4 Å². The van der Waals surface area contributed by atoms with Gasteiger partial charge in [0.1, 0.15) is 0 Å². The maximum absolute atomic E-state index is 12.8. The highest BCUT2D eigenvalue weighted by Gasteiger charge is 2.11. The molecule has 1 heterocycles. The number of thioether (sulfide) groups is 1. The summed E-state index contributed by atoms with van der Waals surface area (Å²) in [7, 11) is 0. The third-order valence-corrected chi connectivity index (χ3v) is 4.83. The fourth-order valence-corrected chi connectivity index (χ4v) is 3.59. The molecule has 116 valence electrons. The SMILES string of the molecule is CCn1c(SCCCC#N)nc2cc3ccccc3cc2c1=O. The third-order valence-electron chi connectivity index (χ3n) is 3.77. The summed E-state index contributed by atoms with van der Waals surface area (Å²) in [5, 5.41) is 12.2. The standard InChI is InChI=1S/C18H17N3OS/c1-2-21-17(22)15-11-13-7-3-4-8-14(13)12-16(15)20-18(21)23-10-6-5-9-19/h3-4,7-8,11-12H,2,5-6,10H2,1H3. The molecule has 23 heavy (non-hydrogen) atoms. The highest BCUT2D eigenvalue weighted by Crippen LogP contribution is 2.23. The van der Waals surface area contributed by atoms with Crippen molar-refractivity contribution in [2.24, 2.45) is 0 Å². The maximum Gasteiger partial charge on any atom is 0.262 e. The maximum atomic E-state index is 12.8. The third kappa shape index (κ3) is 3.08. The molecule has 1 aromatic heterocycles. The van der Waals surface area contributed by atoms with Gasteiger partial charge < -0.3 is 0 Å². The minimum Gasteiger partial charge on any atom is -0.287 e. The van der Waals surface area contributed by atoms with Gasteiger partial charge in [0.15, 0.2) is 5.16 Å². The van der Waals surface area contributed by atoms with Gasteiger partial charge in [-0.2, -0.15) is 5.26 Å². The molecule has 0 aliphatic carbocycles. The minimum absolute atomic E-state index is 0.00559. The van der Waals surface area contributed by atoms with Gasteiger partial charge in [-0.1, -0.05) is 36.0 Å². The molecule has 0 spiro atoms. The monoisotopic (exact) mass is 323 g/mol. The van der Waals surface area contributed by atoms with Crippen LogP contribution in [0.3, 0.4) is 0 Å². The second-order valence-corrected chi connectivity index (χ2v) is 6.33. The summed E-state index contributed by atoms with van der Waals surface area (Å²) in [5.74, 6) is 0.791. The van der Waals surface area contributed by atoms with E-state index in [1.165, 1.54) is 0 Å². The molecule has 2 aromatic carbocycles. The number of nitriles is 1. The van der Waals surface area contributed by atoms with Crippen LogP contribution in [0.2, 0.25) is 0 Å². The number of fused-ring (bicyclic) bond motifs is 2. The molecule has 0 bridgehead atoms. The van der Waals surface area contributed by atoms with E-state index < -0.39 is 0 Å². The van der Waals surface area contributed by atoms with E-state index in [1.54, 1.807) is 16.3 Å². The molecule has 0 saturated carbocycles. The van der Waals surface area contributed by atoms with E-state index in [0.717, 1.165) is 33.6 Å². The van der Waals surface area contributed by atoms with Crippen molar-refractivity contribution >= 4 is 33.4 Å². The van der Waals surface area contributed by atoms with Crippen LogP contribution < -0.4 is 5.56 Å². The highest BCUT2D eigenvalue weighted by atomic mass is 32.2. The lowest BCUT2D eigenvalue weighted by atomic mass is 10.1. The first kappa shape index (κ1) is 15.6. The Morgan fingerprint density at radius 1 is 1.26 bits per heavy atom. The summed E-state index contributed by atoms with van der Waals surface area (Å²) < 4.78 is 1.72. The van der Waals surface area contributed by atoms with Gasteiger partial charge >= 0.3 is 0 Å². The predicted molar refractivity (Wildman–Crippen MR) is 94.8 cm³/mol. The van der Waals surface area contributed by atoms with Gasteiger partial charge in [0.2, 0.25) is 0 Å². The summed E-state index contributed by atoms with van der Waals surface area (Å²) in [4.78, 5) is 17.5. The van der Waals surface area contributed by atoms with Crippen molar-refractivity contribution in [2.45, 2.75) is 31.5 Å². The Hall–Kier alpha value is -2.32. The zero-order chi connectivity index (χ0) is 16.2. The van der Waals surface area contributed by atoms with Gasteiger partial charge in [-0.25, -0.2) is 4.98 Å². The molecular weight excluding hydrogens is 306 g/mol. The second-order valence-electron chi connectivity index (χ2n) is 5.27. The van der Waals surface area contributed by atoms with Crippen LogP contribution in [-0.4, -0.2) is 15.3 Å². The van der Waals surface area contributed by atoms with Gasteiger partial charge in [0.05, 0.1) is 17.0 Å². The number of hydrogen-bond donors (Lipinski definition) is 0. The second kappa shape index (κ2) is 6.84. The topological polar surface area (TPSA) is 58.7 Å². The van der Waals surface area contributed by atoms with Crippen LogP contribution in [0.15, 0.2) is 46.3 Å². The molecule has 0 fully saturated rings. The van der Waals surface area contributed by atoms with Crippen LogP contribution in [0.4, 0.5) is 0 Å². The minimum atomic E-state index is 0.00559. The number of rotatable bonds is 5. The first-order valence-corrected chi connectivity index (χ1v) is 8.66. The Bertz CT molecular complexity index is 956. The Labute approximate surface area is 138 Å². The highest BCUT2D eigenvalue weighted by molar-refractivity contribution is 7.99. The van der Waals surface area contributed by atoms with Crippen molar-refractivity contribution in [3.63, 3.8) is 0 Å². The van der Waals surface area contributed by atoms with Gasteiger partial charge in [-0.05, 0) is 36.2 Å². The zero-order valence-electron chi connectivity index (χ0n) is 13.0. The molecular formula is C18H17N3OS. The molecule has 3 rings (SSSR count). The van der Waals surface area contributed by atoms with E-state index >= 15 is 0 Å². The fraction of sp³-hybridized carbons (Fsp3) is 0.278. The lowest BCUT2D eigenvalue weighted by molar-refractivity contribution is 0.634. The van der Waals surface area contributed by atoms with Crippen molar-refractivity contribution in [1.29, 1.82) is 5.26 Å². The summed E-state index contributed by atoms with van der Waals surface area (Å²) in [6, 6.07) is 14.0. The molecule has 3 aromatic rings. The molecule has 0 atom stereocenters. The normalized spacial score (nSPS) is 11.0. The Kier molecular flexibility index (Phi) is 4.63. The van der Waals surface area contributed by atoms with E-state index in [1.807, 2.05) is 43.3 Å². The first-order chi connectivity index (χ1) is 11.2. The van der Waals surface area contributed by atoms with Crippen LogP contribution in [0.25, 0.3) is 21.7 Å². The first-order valence-electron chi connectivity index (χ1n) is 7.67. The number of aromatic nitrogens is 2. The fourth-order valence-electron chi connectivity index (χ4n) is 2.59. The molecule has 0 aliphatic rings. The Morgan fingerprint density at radius 3 is 2.70 bits per heavy atom. The van der Waals surface area contributed by atoms with E-state index in [4.69, 9.17) is 10.2 Å². The summed E-state index contributed by atoms with van der Waals surface area (Å²) in [6.07, 6.45) is 1.33. The van der Waals surface area contributed by atoms with Gasteiger partial charge in [0.25, 0.3) is 5.56 Å². The van der Waals surface area contributed by atoms with Gasteiger partial charge in [-0.3, -0.25) is 9.36 Å². The van der Waals surface area contributed by atoms with Crippen molar-refractivity contribution < 1.29 is 0 Å². The number of nitrogens with zero attached hydrogens (tertiary/aromatic N) is 3. The van der Waals surface area contributed by atoms with Crippen LogP contribution in [0.5, 0.6) is 0 Å². The Balaban J connectivity index is 2.11. The summed E-state index contributed by atoms with van der Waals surface area (Å²) in [5.41, 5.74) is 0.743. The molecule has 0 aliphatic heterocycles. The molecule has 0 saturated heterocycles. The quantitative estimate of drug-likeness (QED) is 0.308. The van der Waals surface area contributed by atoms with E-state index in [-0.39, 0.29) is 5.56 Å². The van der Waals surface area contributed by atoms with Gasteiger partial charge in [0, 0.05) is 18.7 Å². The van der Waals surface area contributed by atoms with Crippen molar-refractivity contribution in [2.75, 3.05) is 5.75 Å². The summed E-state index contributed by atoms with van der Waals surface area (Å²) in [6.45, 7) is 2.55. The van der Waals surface area contributed by atoms with Crippen LogP contribution >= 0.6 is 11.8 Å². The molecule has 0 radical (unpaired) electrons. The van der Waals surface area contributed by atoms with Crippen LogP contribution in [-0.2, 0) is 6.54 Å². The van der Waals surface area contributed by atoms with Crippen LogP contribution in [0.1, 0.15) is 19.8 Å². The van der Waals surface area contributed by atoms with E-state index in [2.05, 4.69) is 6.07 Å². The average Bonchev–Trinajstić information content (AvgIpc) is 2.57. The van der Waals surface area contributed by atoms with E-state index in [9.17, 15) is 4.79 Å². The van der Waals surface area contributed by atoms with Gasteiger partial charge in [-0.15, -0.1) is 0 Å².